The molecule has 0 bridgehead atoms. The summed E-state index contributed by atoms with van der Waals surface area (Å²) in [6.07, 6.45) is 0. The number of hydrogen-bond donors (Lipinski definition) is 1. The lowest BCUT2D eigenvalue weighted by Gasteiger charge is -2.24. The summed E-state index contributed by atoms with van der Waals surface area (Å²) in [6.45, 7) is 0.648. The Morgan fingerprint density at radius 1 is 0.875 bits per heavy atom. The zero-order valence-corrected chi connectivity index (χ0v) is 19.0. The summed E-state index contributed by atoms with van der Waals surface area (Å²) >= 11 is 0. The Hall–Kier alpha value is -3.52. The Balaban J connectivity index is 1.71. The van der Waals surface area contributed by atoms with Crippen molar-refractivity contribution in [2.75, 3.05) is 43.0 Å². The number of para-hydroxylation sites is 2. The standard InChI is InChI=1S/C24H27N3O4S/c1-26(20-9-5-3-6-10-20)18-17-25-24(28)19-27(21-11-7-4-8-12-21)32(29,30)23-15-13-22(31-2)14-16-23/h3-16H,17-19H2,1-2H3,(H,25,28). The average molecular weight is 454 g/mol. The van der Waals surface area contributed by atoms with Crippen molar-refractivity contribution in [1.29, 1.82) is 0 Å². The van der Waals surface area contributed by atoms with Gasteiger partial charge in [0.25, 0.3) is 10.0 Å². The summed E-state index contributed by atoms with van der Waals surface area (Å²) < 4.78 is 32.9. The highest BCUT2D eigenvalue weighted by molar-refractivity contribution is 7.92. The normalized spacial score (nSPS) is 10.9. The zero-order chi connectivity index (χ0) is 23.0. The van der Waals surface area contributed by atoms with Crippen LogP contribution >= 0.6 is 0 Å². The van der Waals surface area contributed by atoms with E-state index in [-0.39, 0.29) is 17.3 Å². The number of carbonyl (C=O) groups excluding carboxylic acids is 1. The maximum absolute atomic E-state index is 13.3. The number of sulfonamides is 1. The first-order valence-corrected chi connectivity index (χ1v) is 11.6. The molecule has 8 heteroatoms. The Morgan fingerprint density at radius 3 is 2.00 bits per heavy atom. The van der Waals surface area contributed by atoms with Crippen molar-refractivity contribution in [3.05, 3.63) is 84.9 Å². The monoisotopic (exact) mass is 453 g/mol. The van der Waals surface area contributed by atoms with E-state index in [0.717, 1.165) is 9.99 Å². The molecule has 7 nitrogen and oxygen atoms in total. The Kier molecular flexibility index (Phi) is 7.72. The number of carbonyl (C=O) groups is 1. The van der Waals surface area contributed by atoms with Crippen molar-refractivity contribution in [2.45, 2.75) is 4.90 Å². The number of amides is 1. The zero-order valence-electron chi connectivity index (χ0n) is 18.1. The van der Waals surface area contributed by atoms with Crippen molar-refractivity contribution in [3.8, 4) is 5.75 Å². The van der Waals surface area contributed by atoms with Gasteiger partial charge in [-0.1, -0.05) is 36.4 Å². The van der Waals surface area contributed by atoms with E-state index >= 15 is 0 Å². The number of anilines is 2. The van der Waals surface area contributed by atoms with Gasteiger partial charge in [-0.3, -0.25) is 9.10 Å². The molecule has 32 heavy (non-hydrogen) atoms. The van der Waals surface area contributed by atoms with Crippen molar-refractivity contribution in [1.82, 2.24) is 5.32 Å². The maximum atomic E-state index is 13.3. The van der Waals surface area contributed by atoms with E-state index in [4.69, 9.17) is 4.74 Å². The molecule has 0 radical (unpaired) electrons. The summed E-state index contributed by atoms with van der Waals surface area (Å²) in [7, 11) is -0.502. The van der Waals surface area contributed by atoms with Crippen LogP contribution in [0.5, 0.6) is 5.75 Å². The fourth-order valence-electron chi connectivity index (χ4n) is 3.15. The highest BCUT2D eigenvalue weighted by atomic mass is 32.2. The van der Waals surface area contributed by atoms with Gasteiger partial charge < -0.3 is 15.0 Å². The predicted molar refractivity (Wildman–Crippen MR) is 127 cm³/mol. The number of hydrogen-bond acceptors (Lipinski definition) is 5. The molecule has 0 saturated carbocycles. The molecule has 0 unspecified atom stereocenters. The van der Waals surface area contributed by atoms with E-state index < -0.39 is 10.0 Å². The minimum atomic E-state index is -3.95. The predicted octanol–water partition coefficient (Wildman–Crippen LogP) is 3.14. The topological polar surface area (TPSA) is 79.0 Å². The molecule has 1 N–H and O–H groups in total. The molecule has 3 rings (SSSR count). The molecular formula is C24H27N3O4S. The third kappa shape index (κ3) is 5.79. The highest BCUT2D eigenvalue weighted by Gasteiger charge is 2.27. The van der Waals surface area contributed by atoms with Gasteiger partial charge in [0, 0.05) is 25.8 Å². The fourth-order valence-corrected chi connectivity index (χ4v) is 4.57. The van der Waals surface area contributed by atoms with E-state index in [1.807, 2.05) is 42.3 Å². The van der Waals surface area contributed by atoms with Crippen LogP contribution in [0.1, 0.15) is 0 Å². The lowest BCUT2D eigenvalue weighted by Crippen LogP contribution is -2.42. The Morgan fingerprint density at radius 2 is 1.44 bits per heavy atom. The first-order valence-electron chi connectivity index (χ1n) is 10.2. The van der Waals surface area contributed by atoms with Gasteiger partial charge in [0.1, 0.15) is 12.3 Å². The quantitative estimate of drug-likeness (QED) is 0.510. The smallest absolute Gasteiger partial charge is 0.264 e. The molecule has 0 spiro atoms. The van der Waals surface area contributed by atoms with Gasteiger partial charge in [0.05, 0.1) is 17.7 Å². The minimum Gasteiger partial charge on any atom is -0.497 e. The maximum Gasteiger partial charge on any atom is 0.264 e. The second-order valence-electron chi connectivity index (χ2n) is 7.13. The summed E-state index contributed by atoms with van der Waals surface area (Å²) in [5, 5.41) is 2.82. The van der Waals surface area contributed by atoms with E-state index in [1.54, 1.807) is 42.5 Å². The van der Waals surface area contributed by atoms with E-state index in [1.165, 1.54) is 19.2 Å². The van der Waals surface area contributed by atoms with Gasteiger partial charge in [-0.15, -0.1) is 0 Å². The molecule has 0 aliphatic heterocycles. The van der Waals surface area contributed by atoms with Gasteiger partial charge in [-0.2, -0.15) is 0 Å². The number of nitrogens with one attached hydrogen (secondary N) is 1. The molecule has 0 fully saturated rings. The third-order valence-corrected chi connectivity index (χ3v) is 6.73. The number of likely N-dealkylation sites (N-methyl/N-ethyl adjacent to an activating group) is 1. The van der Waals surface area contributed by atoms with Crippen molar-refractivity contribution >= 4 is 27.3 Å². The van der Waals surface area contributed by atoms with Crippen LogP contribution in [-0.2, 0) is 14.8 Å². The first-order chi connectivity index (χ1) is 15.4. The SMILES string of the molecule is COc1ccc(S(=O)(=O)N(CC(=O)NCCN(C)c2ccccc2)c2ccccc2)cc1. The summed E-state index contributed by atoms with van der Waals surface area (Å²) in [4.78, 5) is 14.8. The van der Waals surface area contributed by atoms with Crippen LogP contribution < -0.4 is 19.3 Å². The molecule has 0 aliphatic rings. The van der Waals surface area contributed by atoms with Crippen LogP contribution in [0.15, 0.2) is 89.8 Å². The first kappa shape index (κ1) is 23.1. The van der Waals surface area contributed by atoms with Crippen LogP contribution in [0.4, 0.5) is 11.4 Å². The van der Waals surface area contributed by atoms with Crippen molar-refractivity contribution in [3.63, 3.8) is 0 Å². The van der Waals surface area contributed by atoms with Gasteiger partial charge in [0.2, 0.25) is 5.91 Å². The van der Waals surface area contributed by atoms with Crippen molar-refractivity contribution in [2.24, 2.45) is 0 Å². The van der Waals surface area contributed by atoms with E-state index in [9.17, 15) is 13.2 Å². The molecule has 0 atom stereocenters. The van der Waals surface area contributed by atoms with Gasteiger partial charge >= 0.3 is 0 Å². The highest BCUT2D eigenvalue weighted by Crippen LogP contribution is 2.24. The molecule has 1 amide bonds. The van der Waals surface area contributed by atoms with Gasteiger partial charge in [-0.25, -0.2) is 8.42 Å². The second-order valence-corrected chi connectivity index (χ2v) is 8.99. The number of nitrogens with zero attached hydrogens (tertiary/aromatic N) is 2. The Labute approximate surface area is 189 Å². The summed E-state index contributed by atoms with van der Waals surface area (Å²) in [5.74, 6) is 0.169. The fraction of sp³-hybridized carbons (Fsp3) is 0.208. The number of rotatable bonds is 10. The van der Waals surface area contributed by atoms with Crippen LogP contribution in [-0.4, -0.2) is 48.1 Å². The summed E-state index contributed by atoms with van der Waals surface area (Å²) in [6, 6.07) is 24.5. The molecule has 0 heterocycles. The molecule has 3 aromatic carbocycles. The van der Waals surface area contributed by atoms with Crippen LogP contribution in [0.25, 0.3) is 0 Å². The van der Waals surface area contributed by atoms with Gasteiger partial charge in [-0.05, 0) is 48.5 Å². The average Bonchev–Trinajstić information content (AvgIpc) is 2.83. The molecule has 0 saturated heterocycles. The largest absolute Gasteiger partial charge is 0.497 e. The number of benzene rings is 3. The molecule has 0 aromatic heterocycles. The lowest BCUT2D eigenvalue weighted by atomic mass is 10.3. The molecular weight excluding hydrogens is 426 g/mol. The minimum absolute atomic E-state index is 0.0822. The lowest BCUT2D eigenvalue weighted by molar-refractivity contribution is -0.119. The second kappa shape index (κ2) is 10.7. The van der Waals surface area contributed by atoms with Gasteiger partial charge in [0.15, 0.2) is 0 Å². The molecule has 3 aromatic rings. The Bertz CT molecular complexity index is 1110. The summed E-state index contributed by atoms with van der Waals surface area (Å²) in [5.41, 5.74) is 1.45. The number of ether oxygens (including phenoxy) is 1. The van der Waals surface area contributed by atoms with E-state index in [2.05, 4.69) is 5.32 Å². The van der Waals surface area contributed by atoms with Crippen LogP contribution in [0.2, 0.25) is 0 Å². The van der Waals surface area contributed by atoms with Crippen molar-refractivity contribution < 1.29 is 17.9 Å². The van der Waals surface area contributed by atoms with Crippen LogP contribution in [0, 0.1) is 0 Å². The van der Waals surface area contributed by atoms with Crippen LogP contribution in [0.3, 0.4) is 0 Å². The number of methoxy groups -OCH3 is 1. The molecule has 168 valence electrons. The third-order valence-electron chi connectivity index (χ3n) is 4.95. The van der Waals surface area contributed by atoms with E-state index in [0.29, 0.717) is 24.5 Å². The molecule has 0 aliphatic carbocycles.